The van der Waals surface area contributed by atoms with Crippen LogP contribution in [0.15, 0.2) is 18.2 Å². The molecule has 0 aliphatic heterocycles. The molecule has 0 amide bonds. The predicted octanol–water partition coefficient (Wildman–Crippen LogP) is 4.08. The highest BCUT2D eigenvalue weighted by molar-refractivity contribution is 6.42. The third kappa shape index (κ3) is 2.87. The fourth-order valence-electron chi connectivity index (χ4n) is 1.66. The van der Waals surface area contributed by atoms with E-state index in [1.807, 2.05) is 12.1 Å². The lowest BCUT2D eigenvalue weighted by atomic mass is 9.87. The second-order valence-corrected chi connectivity index (χ2v) is 5.04. The Morgan fingerprint density at radius 1 is 1.13 bits per heavy atom. The molecule has 0 fully saturated rings. The van der Waals surface area contributed by atoms with Gasteiger partial charge in [0.05, 0.1) is 10.0 Å². The second kappa shape index (κ2) is 5.20. The van der Waals surface area contributed by atoms with Gasteiger partial charge < -0.3 is 5.73 Å². The lowest BCUT2D eigenvalue weighted by Crippen LogP contribution is -2.32. The molecule has 0 saturated heterocycles. The molecule has 0 saturated carbocycles. The van der Waals surface area contributed by atoms with Gasteiger partial charge in [0.2, 0.25) is 0 Å². The lowest BCUT2D eigenvalue weighted by molar-refractivity contribution is 0.435. The molecule has 0 aliphatic rings. The summed E-state index contributed by atoms with van der Waals surface area (Å²) in [5.74, 6) is 0.645. The first-order valence-corrected chi connectivity index (χ1v) is 5.90. The van der Waals surface area contributed by atoms with Crippen LogP contribution >= 0.6 is 23.2 Å². The van der Waals surface area contributed by atoms with E-state index in [0.717, 1.165) is 5.56 Å². The van der Waals surface area contributed by atoms with Crippen molar-refractivity contribution in [3.63, 3.8) is 0 Å². The summed E-state index contributed by atoms with van der Waals surface area (Å²) in [4.78, 5) is 0. The van der Waals surface area contributed by atoms with Crippen molar-refractivity contribution in [1.82, 2.24) is 0 Å². The number of halogens is 2. The van der Waals surface area contributed by atoms with E-state index >= 15 is 0 Å². The number of hydrogen-bond acceptors (Lipinski definition) is 1. The van der Waals surface area contributed by atoms with Crippen LogP contribution in [0.1, 0.15) is 32.3 Å². The highest BCUT2D eigenvalue weighted by Gasteiger charge is 2.20. The lowest BCUT2D eigenvalue weighted by Gasteiger charge is -2.24. The predicted molar refractivity (Wildman–Crippen MR) is 67.7 cm³/mol. The van der Waals surface area contributed by atoms with Crippen molar-refractivity contribution < 1.29 is 0 Å². The summed E-state index contributed by atoms with van der Waals surface area (Å²) < 4.78 is 0. The van der Waals surface area contributed by atoms with Gasteiger partial charge in [0, 0.05) is 6.04 Å². The molecule has 0 bridgehead atoms. The zero-order valence-corrected chi connectivity index (χ0v) is 10.8. The van der Waals surface area contributed by atoms with Gasteiger partial charge in [-0.3, -0.25) is 0 Å². The van der Waals surface area contributed by atoms with Crippen LogP contribution in [0.3, 0.4) is 0 Å². The summed E-state index contributed by atoms with van der Waals surface area (Å²) in [6.45, 7) is 6.31. The zero-order valence-electron chi connectivity index (χ0n) is 9.30. The Labute approximate surface area is 102 Å². The van der Waals surface area contributed by atoms with Gasteiger partial charge in [0.15, 0.2) is 0 Å². The molecule has 0 heterocycles. The van der Waals surface area contributed by atoms with Crippen LogP contribution < -0.4 is 5.73 Å². The molecule has 1 nitrogen and oxygen atoms in total. The van der Waals surface area contributed by atoms with Crippen LogP contribution in [0.25, 0.3) is 0 Å². The molecule has 0 aromatic heterocycles. The average Bonchev–Trinajstić information content (AvgIpc) is 2.20. The highest BCUT2D eigenvalue weighted by atomic mass is 35.5. The van der Waals surface area contributed by atoms with Crippen molar-refractivity contribution in [1.29, 1.82) is 0 Å². The van der Waals surface area contributed by atoms with Gasteiger partial charge in [0.1, 0.15) is 0 Å². The summed E-state index contributed by atoms with van der Waals surface area (Å²) >= 11 is 12.1. The molecule has 0 spiro atoms. The van der Waals surface area contributed by atoms with Gasteiger partial charge >= 0.3 is 0 Å². The van der Waals surface area contributed by atoms with Crippen LogP contribution in [0.4, 0.5) is 0 Å². The fourth-order valence-corrected chi connectivity index (χ4v) is 2.14. The molecule has 2 atom stereocenters. The third-order valence-corrected chi connectivity index (χ3v) is 3.65. The molecule has 84 valence electrons. The maximum atomic E-state index is 6.15. The summed E-state index contributed by atoms with van der Waals surface area (Å²) in [5, 5.41) is 1.22. The van der Waals surface area contributed by atoms with E-state index < -0.39 is 0 Å². The Bertz CT molecular complexity index is 336. The Balaban J connectivity index is 3.01. The van der Waals surface area contributed by atoms with E-state index in [2.05, 4.69) is 20.8 Å². The van der Waals surface area contributed by atoms with E-state index in [1.165, 1.54) is 0 Å². The van der Waals surface area contributed by atoms with Crippen LogP contribution in [0.5, 0.6) is 0 Å². The minimum atomic E-state index is 0.0981. The van der Waals surface area contributed by atoms with Crippen LogP contribution in [0, 0.1) is 5.92 Å². The molecule has 1 aromatic carbocycles. The van der Waals surface area contributed by atoms with E-state index in [-0.39, 0.29) is 12.0 Å². The van der Waals surface area contributed by atoms with Crippen LogP contribution in [0.2, 0.25) is 10.0 Å². The number of rotatable bonds is 3. The maximum absolute atomic E-state index is 6.15. The highest BCUT2D eigenvalue weighted by Crippen LogP contribution is 2.33. The average molecular weight is 246 g/mol. The normalized spacial score (nSPS) is 15.4. The van der Waals surface area contributed by atoms with Gasteiger partial charge in [-0.05, 0) is 23.5 Å². The first kappa shape index (κ1) is 12.8. The number of hydrogen-bond donors (Lipinski definition) is 1. The van der Waals surface area contributed by atoms with E-state index in [9.17, 15) is 0 Å². The van der Waals surface area contributed by atoms with Gasteiger partial charge in [-0.2, -0.15) is 0 Å². The first-order chi connectivity index (χ1) is 6.95. The monoisotopic (exact) mass is 245 g/mol. The van der Waals surface area contributed by atoms with Crippen LogP contribution in [-0.4, -0.2) is 6.04 Å². The minimum absolute atomic E-state index is 0.0981. The van der Waals surface area contributed by atoms with E-state index in [0.29, 0.717) is 16.0 Å². The van der Waals surface area contributed by atoms with Crippen molar-refractivity contribution in [2.45, 2.75) is 32.7 Å². The summed E-state index contributed by atoms with van der Waals surface area (Å²) in [7, 11) is 0. The summed E-state index contributed by atoms with van der Waals surface area (Å²) in [6.07, 6.45) is 0. The molecular weight excluding hydrogens is 229 g/mol. The first-order valence-electron chi connectivity index (χ1n) is 5.14. The van der Waals surface area contributed by atoms with Crippen molar-refractivity contribution in [3.05, 3.63) is 33.8 Å². The standard InChI is InChI=1S/C12H17Cl2N/c1-7(2)12(15)8(3)9-5-4-6-10(13)11(9)14/h4-8,12H,15H2,1-3H3. The Morgan fingerprint density at radius 3 is 2.27 bits per heavy atom. The van der Waals surface area contributed by atoms with E-state index in [1.54, 1.807) is 6.07 Å². The molecule has 1 rings (SSSR count). The third-order valence-electron chi connectivity index (χ3n) is 2.82. The second-order valence-electron chi connectivity index (χ2n) is 4.25. The number of nitrogens with two attached hydrogens (primary N) is 1. The molecule has 0 radical (unpaired) electrons. The smallest absolute Gasteiger partial charge is 0.0627 e. The van der Waals surface area contributed by atoms with Gasteiger partial charge in [-0.25, -0.2) is 0 Å². The quantitative estimate of drug-likeness (QED) is 0.854. The Hall–Kier alpha value is -0.240. The summed E-state index contributed by atoms with van der Waals surface area (Å²) in [6, 6.07) is 5.79. The molecule has 3 heteroatoms. The molecule has 1 aromatic rings. The zero-order chi connectivity index (χ0) is 11.6. The van der Waals surface area contributed by atoms with Gasteiger partial charge in [0.25, 0.3) is 0 Å². The molecular formula is C12H17Cl2N. The van der Waals surface area contributed by atoms with Crippen molar-refractivity contribution >= 4 is 23.2 Å². The Kier molecular flexibility index (Phi) is 4.45. The molecule has 0 aliphatic carbocycles. The molecule has 2 N–H and O–H groups in total. The van der Waals surface area contributed by atoms with Crippen LogP contribution in [-0.2, 0) is 0 Å². The largest absolute Gasteiger partial charge is 0.327 e. The number of benzene rings is 1. The Morgan fingerprint density at radius 2 is 1.73 bits per heavy atom. The topological polar surface area (TPSA) is 26.0 Å². The maximum Gasteiger partial charge on any atom is 0.0627 e. The van der Waals surface area contributed by atoms with Gasteiger partial charge in [-0.15, -0.1) is 0 Å². The van der Waals surface area contributed by atoms with Crippen molar-refractivity contribution in [2.24, 2.45) is 11.7 Å². The minimum Gasteiger partial charge on any atom is -0.327 e. The van der Waals surface area contributed by atoms with Crippen molar-refractivity contribution in [2.75, 3.05) is 0 Å². The molecule has 2 unspecified atom stereocenters. The summed E-state index contributed by atoms with van der Waals surface area (Å²) in [5.41, 5.74) is 7.14. The van der Waals surface area contributed by atoms with Gasteiger partial charge in [-0.1, -0.05) is 56.1 Å². The molecule has 15 heavy (non-hydrogen) atoms. The van der Waals surface area contributed by atoms with Crippen molar-refractivity contribution in [3.8, 4) is 0 Å². The fraction of sp³-hybridized carbons (Fsp3) is 0.500. The SMILES string of the molecule is CC(C)C(N)C(C)c1cccc(Cl)c1Cl. The van der Waals surface area contributed by atoms with E-state index in [4.69, 9.17) is 28.9 Å².